The van der Waals surface area contributed by atoms with Gasteiger partial charge in [-0.3, -0.25) is 0 Å². The Hall–Kier alpha value is -0.870. The number of hydrogen-bond acceptors (Lipinski definition) is 3. The van der Waals surface area contributed by atoms with E-state index in [9.17, 15) is 15.0 Å². The summed E-state index contributed by atoms with van der Waals surface area (Å²) in [5.74, 6) is -1.88. The molecule has 1 aromatic rings. The lowest BCUT2D eigenvalue weighted by Crippen LogP contribution is -2.47. The zero-order chi connectivity index (χ0) is 12.5. The molecule has 1 rings (SSSR count). The lowest BCUT2D eigenvalue weighted by atomic mass is 9.79. The van der Waals surface area contributed by atoms with Gasteiger partial charge in [0, 0.05) is 15.7 Å². The quantitative estimate of drug-likeness (QED) is 0.853. The first kappa shape index (κ1) is 13.2. The number of rotatable bonds is 4. The second-order valence-corrected chi connectivity index (χ2v) is 5.77. The van der Waals surface area contributed by atoms with E-state index in [0.29, 0.717) is 0 Å². The van der Waals surface area contributed by atoms with Crippen molar-refractivity contribution in [2.24, 2.45) is 5.92 Å². The van der Waals surface area contributed by atoms with Gasteiger partial charge in [-0.2, -0.15) is 0 Å². The Morgan fingerprint density at radius 2 is 1.94 bits per heavy atom. The maximum absolute atomic E-state index is 11.2. The number of aliphatic carboxylic acids is 1. The molecule has 0 spiro atoms. The van der Waals surface area contributed by atoms with Gasteiger partial charge in [-0.15, -0.1) is 11.3 Å². The van der Waals surface area contributed by atoms with Gasteiger partial charge in [-0.05, 0) is 25.0 Å². The molecule has 1 heterocycles. The van der Waals surface area contributed by atoms with Crippen LogP contribution in [0.3, 0.4) is 0 Å². The number of aryl methyl sites for hydroxylation is 1. The standard InChI is InChI=1S/C12H18O3S/c1-7(2)12(15,11(13)14)9(4)10-6-5-8(3)16-10/h5-7,9,15H,1-4H3,(H,13,14). The molecule has 2 unspecified atom stereocenters. The first-order valence-electron chi connectivity index (χ1n) is 5.32. The minimum atomic E-state index is -1.70. The van der Waals surface area contributed by atoms with Crippen molar-refractivity contribution in [3.8, 4) is 0 Å². The largest absolute Gasteiger partial charge is 0.479 e. The Morgan fingerprint density at radius 1 is 1.38 bits per heavy atom. The summed E-state index contributed by atoms with van der Waals surface area (Å²) in [5, 5.41) is 19.5. The second kappa shape index (κ2) is 4.55. The summed E-state index contributed by atoms with van der Waals surface area (Å²) in [6.07, 6.45) is 0. The van der Waals surface area contributed by atoms with Gasteiger partial charge in [-0.1, -0.05) is 20.8 Å². The van der Waals surface area contributed by atoms with E-state index in [4.69, 9.17) is 0 Å². The smallest absolute Gasteiger partial charge is 0.336 e. The van der Waals surface area contributed by atoms with Gasteiger partial charge in [0.15, 0.2) is 5.60 Å². The molecule has 16 heavy (non-hydrogen) atoms. The van der Waals surface area contributed by atoms with Crippen molar-refractivity contribution >= 4 is 17.3 Å². The fourth-order valence-corrected chi connectivity index (χ4v) is 2.84. The number of carboxylic acid groups (broad SMARTS) is 1. The van der Waals surface area contributed by atoms with Crippen LogP contribution in [0.4, 0.5) is 0 Å². The molecule has 0 aromatic carbocycles. The summed E-state index contributed by atoms with van der Waals surface area (Å²) in [6.45, 7) is 7.19. The van der Waals surface area contributed by atoms with Crippen LogP contribution in [-0.4, -0.2) is 21.8 Å². The third kappa shape index (κ3) is 2.13. The summed E-state index contributed by atoms with van der Waals surface area (Å²) < 4.78 is 0. The lowest BCUT2D eigenvalue weighted by molar-refractivity contribution is -0.166. The van der Waals surface area contributed by atoms with Crippen molar-refractivity contribution in [3.63, 3.8) is 0 Å². The Balaban J connectivity index is 3.10. The molecule has 0 saturated carbocycles. The van der Waals surface area contributed by atoms with Crippen LogP contribution in [0.15, 0.2) is 12.1 Å². The van der Waals surface area contributed by atoms with Gasteiger partial charge in [0.25, 0.3) is 0 Å². The summed E-state index contributed by atoms with van der Waals surface area (Å²) in [6, 6.07) is 3.83. The van der Waals surface area contributed by atoms with Crippen molar-refractivity contribution in [2.75, 3.05) is 0 Å². The van der Waals surface area contributed by atoms with E-state index >= 15 is 0 Å². The summed E-state index contributed by atoms with van der Waals surface area (Å²) in [4.78, 5) is 13.3. The second-order valence-electron chi connectivity index (χ2n) is 4.46. The summed E-state index contributed by atoms with van der Waals surface area (Å²) in [7, 11) is 0. The molecule has 0 radical (unpaired) electrons. The molecule has 0 aliphatic heterocycles. The van der Waals surface area contributed by atoms with Gasteiger partial charge < -0.3 is 10.2 Å². The molecule has 0 fully saturated rings. The monoisotopic (exact) mass is 242 g/mol. The maximum Gasteiger partial charge on any atom is 0.336 e. The SMILES string of the molecule is Cc1ccc(C(C)C(O)(C(=O)O)C(C)C)s1. The molecular formula is C12H18O3S. The number of aliphatic hydroxyl groups is 1. The van der Waals surface area contributed by atoms with Crippen molar-refractivity contribution < 1.29 is 15.0 Å². The average Bonchev–Trinajstić information content (AvgIpc) is 2.61. The summed E-state index contributed by atoms with van der Waals surface area (Å²) in [5.41, 5.74) is -1.70. The predicted molar refractivity (Wildman–Crippen MR) is 64.9 cm³/mol. The highest BCUT2D eigenvalue weighted by Gasteiger charge is 2.45. The highest BCUT2D eigenvalue weighted by molar-refractivity contribution is 7.12. The molecule has 0 aliphatic rings. The first-order chi connectivity index (χ1) is 7.30. The molecule has 0 bridgehead atoms. The van der Waals surface area contributed by atoms with Crippen LogP contribution in [-0.2, 0) is 4.79 Å². The molecule has 0 saturated heterocycles. The molecule has 1 aromatic heterocycles. The van der Waals surface area contributed by atoms with Crippen LogP contribution < -0.4 is 0 Å². The Morgan fingerprint density at radius 3 is 2.25 bits per heavy atom. The lowest BCUT2D eigenvalue weighted by Gasteiger charge is -2.33. The molecule has 4 heteroatoms. The third-order valence-electron chi connectivity index (χ3n) is 3.07. The van der Waals surface area contributed by atoms with Gasteiger partial charge in [0.1, 0.15) is 0 Å². The van der Waals surface area contributed by atoms with Gasteiger partial charge in [0.2, 0.25) is 0 Å². The van der Waals surface area contributed by atoms with E-state index in [2.05, 4.69) is 0 Å². The van der Waals surface area contributed by atoms with Crippen LogP contribution in [0.25, 0.3) is 0 Å². The number of thiophene rings is 1. The van der Waals surface area contributed by atoms with E-state index in [-0.39, 0.29) is 5.92 Å². The van der Waals surface area contributed by atoms with Crippen molar-refractivity contribution in [1.29, 1.82) is 0 Å². The fraction of sp³-hybridized carbons (Fsp3) is 0.583. The van der Waals surface area contributed by atoms with Crippen LogP contribution in [0.5, 0.6) is 0 Å². The van der Waals surface area contributed by atoms with E-state index in [1.807, 2.05) is 19.1 Å². The fourth-order valence-electron chi connectivity index (χ4n) is 1.84. The third-order valence-corrected chi connectivity index (χ3v) is 4.25. The highest BCUT2D eigenvalue weighted by Crippen LogP contribution is 2.37. The Bertz CT molecular complexity index is 383. The first-order valence-corrected chi connectivity index (χ1v) is 6.13. The van der Waals surface area contributed by atoms with Crippen LogP contribution in [0.1, 0.15) is 36.4 Å². The van der Waals surface area contributed by atoms with E-state index < -0.39 is 17.5 Å². The van der Waals surface area contributed by atoms with E-state index in [1.165, 1.54) is 11.3 Å². The van der Waals surface area contributed by atoms with Crippen LogP contribution in [0.2, 0.25) is 0 Å². The Kier molecular flexibility index (Phi) is 3.76. The molecular weight excluding hydrogens is 224 g/mol. The molecule has 2 atom stereocenters. The average molecular weight is 242 g/mol. The van der Waals surface area contributed by atoms with Crippen LogP contribution in [0, 0.1) is 12.8 Å². The molecule has 90 valence electrons. The van der Waals surface area contributed by atoms with Gasteiger partial charge in [-0.25, -0.2) is 4.79 Å². The Labute approximate surface area is 99.7 Å². The maximum atomic E-state index is 11.2. The normalized spacial score (nSPS) is 17.1. The van der Waals surface area contributed by atoms with E-state index in [1.54, 1.807) is 20.8 Å². The van der Waals surface area contributed by atoms with Crippen molar-refractivity contribution in [1.82, 2.24) is 0 Å². The van der Waals surface area contributed by atoms with Gasteiger partial charge >= 0.3 is 5.97 Å². The predicted octanol–water partition coefficient (Wildman–Crippen LogP) is 2.63. The molecule has 0 aliphatic carbocycles. The topological polar surface area (TPSA) is 57.5 Å². The zero-order valence-corrected chi connectivity index (χ0v) is 10.8. The highest BCUT2D eigenvalue weighted by atomic mass is 32.1. The minimum Gasteiger partial charge on any atom is -0.479 e. The zero-order valence-electron chi connectivity index (χ0n) is 10.0. The summed E-state index contributed by atoms with van der Waals surface area (Å²) >= 11 is 1.53. The minimum absolute atomic E-state index is 0.331. The van der Waals surface area contributed by atoms with Crippen molar-refractivity contribution in [3.05, 3.63) is 21.9 Å². The number of hydrogen-bond donors (Lipinski definition) is 2. The number of carbonyl (C=O) groups is 1. The van der Waals surface area contributed by atoms with Crippen molar-refractivity contribution in [2.45, 2.75) is 39.2 Å². The molecule has 2 N–H and O–H groups in total. The van der Waals surface area contributed by atoms with Gasteiger partial charge in [0.05, 0.1) is 0 Å². The number of carboxylic acids is 1. The molecule has 3 nitrogen and oxygen atoms in total. The van der Waals surface area contributed by atoms with E-state index in [0.717, 1.165) is 9.75 Å². The van der Waals surface area contributed by atoms with Crippen LogP contribution >= 0.6 is 11.3 Å². The molecule has 0 amide bonds.